The first kappa shape index (κ1) is 21.8. The summed E-state index contributed by atoms with van der Waals surface area (Å²) in [5.41, 5.74) is 0. The summed E-state index contributed by atoms with van der Waals surface area (Å²) in [5, 5.41) is 30.0. The van der Waals surface area contributed by atoms with E-state index in [2.05, 4.69) is 6.92 Å². The van der Waals surface area contributed by atoms with E-state index >= 15 is 0 Å². The lowest BCUT2D eigenvalue weighted by molar-refractivity contribution is -0.881. The highest BCUT2D eigenvalue weighted by atomic mass is 16.5. The van der Waals surface area contributed by atoms with Crippen LogP contribution < -0.4 is 0 Å². The molecule has 22 heavy (non-hydrogen) atoms. The van der Waals surface area contributed by atoms with Gasteiger partial charge in [0.1, 0.15) is 13.1 Å². The van der Waals surface area contributed by atoms with Gasteiger partial charge in [0, 0.05) is 0 Å². The molecular formula is C18H39NO3. The van der Waals surface area contributed by atoms with Crippen molar-refractivity contribution >= 4 is 0 Å². The van der Waals surface area contributed by atoms with Crippen molar-refractivity contribution in [2.45, 2.75) is 84.0 Å². The number of quaternary nitrogens is 1. The molecular weight excluding hydrogens is 278 g/mol. The molecule has 0 saturated heterocycles. The lowest BCUT2D eigenvalue weighted by Crippen LogP contribution is -2.47. The first-order valence-electron chi connectivity index (χ1n) is 9.47. The molecule has 0 aromatic heterocycles. The van der Waals surface area contributed by atoms with Gasteiger partial charge in [-0.25, -0.2) is 0 Å². The minimum Gasteiger partial charge on any atom is -0.633 e. The standard InChI is InChI=1S/C18H39NO3/c1-2-3-4-5-6-7-8-9-10-11-12-13-14-19(22,15-17-20)16-18-21/h20-21H,2-18H2,1H3. The maximum absolute atomic E-state index is 12.2. The Hall–Kier alpha value is -0.160. The van der Waals surface area contributed by atoms with Gasteiger partial charge in [-0.3, -0.25) is 0 Å². The van der Waals surface area contributed by atoms with Gasteiger partial charge in [-0.1, -0.05) is 71.1 Å². The summed E-state index contributed by atoms with van der Waals surface area (Å²) in [4.78, 5) is 0. The molecule has 0 amide bonds. The van der Waals surface area contributed by atoms with Crippen molar-refractivity contribution in [2.24, 2.45) is 0 Å². The maximum Gasteiger partial charge on any atom is 0.102 e. The first-order chi connectivity index (χ1) is 10.7. The minimum atomic E-state index is -0.440. The molecule has 0 rings (SSSR count). The van der Waals surface area contributed by atoms with E-state index in [1.807, 2.05) is 0 Å². The summed E-state index contributed by atoms with van der Waals surface area (Å²) in [6, 6.07) is 0. The third-order valence-electron chi connectivity index (χ3n) is 4.43. The van der Waals surface area contributed by atoms with E-state index < -0.39 is 4.65 Å². The fraction of sp³-hybridized carbons (Fsp3) is 1.00. The molecule has 2 N–H and O–H groups in total. The van der Waals surface area contributed by atoms with Crippen LogP contribution in [0.3, 0.4) is 0 Å². The SMILES string of the molecule is CCCCCCCCCCCCCC[N+]([O-])(CCO)CCO. The van der Waals surface area contributed by atoms with Crippen molar-refractivity contribution in [3.8, 4) is 0 Å². The molecule has 0 unspecified atom stereocenters. The Morgan fingerprint density at radius 3 is 1.32 bits per heavy atom. The number of hydroxylamine groups is 3. The molecule has 0 aromatic rings. The summed E-state index contributed by atoms with van der Waals surface area (Å²) in [5.74, 6) is 0. The van der Waals surface area contributed by atoms with Crippen LogP contribution >= 0.6 is 0 Å². The van der Waals surface area contributed by atoms with Gasteiger partial charge in [-0.2, -0.15) is 0 Å². The molecule has 0 heterocycles. The Labute approximate surface area is 137 Å². The molecule has 0 spiro atoms. The summed E-state index contributed by atoms with van der Waals surface area (Å²) in [6.07, 6.45) is 15.4. The molecule has 0 aromatic carbocycles. The molecule has 0 fully saturated rings. The summed E-state index contributed by atoms with van der Waals surface area (Å²) >= 11 is 0. The monoisotopic (exact) mass is 317 g/mol. The van der Waals surface area contributed by atoms with Gasteiger partial charge in [0.15, 0.2) is 0 Å². The van der Waals surface area contributed by atoms with Crippen molar-refractivity contribution < 1.29 is 14.9 Å². The van der Waals surface area contributed by atoms with E-state index in [1.54, 1.807) is 0 Å². The highest BCUT2D eigenvalue weighted by molar-refractivity contribution is 4.50. The van der Waals surface area contributed by atoms with Crippen LogP contribution in [0.2, 0.25) is 0 Å². The average molecular weight is 318 g/mol. The first-order valence-corrected chi connectivity index (χ1v) is 9.47. The molecule has 0 aliphatic rings. The second-order valence-electron chi connectivity index (χ2n) is 6.57. The van der Waals surface area contributed by atoms with Gasteiger partial charge in [-0.15, -0.1) is 0 Å². The molecule has 0 radical (unpaired) electrons. The quantitative estimate of drug-likeness (QED) is 0.242. The maximum atomic E-state index is 12.2. The number of hydrogen-bond donors (Lipinski definition) is 2. The average Bonchev–Trinajstić information content (AvgIpc) is 2.49. The Morgan fingerprint density at radius 2 is 0.955 bits per heavy atom. The summed E-state index contributed by atoms with van der Waals surface area (Å²) < 4.78 is -0.440. The molecule has 0 aliphatic carbocycles. The number of aliphatic hydroxyl groups excluding tert-OH is 2. The van der Waals surface area contributed by atoms with Gasteiger partial charge in [0.25, 0.3) is 0 Å². The van der Waals surface area contributed by atoms with Crippen LogP contribution in [-0.4, -0.2) is 47.7 Å². The number of nitrogens with zero attached hydrogens (tertiary/aromatic N) is 1. The Morgan fingerprint density at radius 1 is 0.591 bits per heavy atom. The van der Waals surface area contributed by atoms with Crippen LogP contribution in [0, 0.1) is 5.21 Å². The number of hydrogen-bond acceptors (Lipinski definition) is 3. The van der Waals surface area contributed by atoms with E-state index in [0.717, 1.165) is 12.8 Å². The molecule has 4 heteroatoms. The smallest absolute Gasteiger partial charge is 0.102 e. The second-order valence-corrected chi connectivity index (χ2v) is 6.57. The van der Waals surface area contributed by atoms with E-state index in [0.29, 0.717) is 6.54 Å². The largest absolute Gasteiger partial charge is 0.633 e. The molecule has 0 atom stereocenters. The highest BCUT2D eigenvalue weighted by Gasteiger charge is 2.14. The summed E-state index contributed by atoms with van der Waals surface area (Å²) in [7, 11) is 0. The topological polar surface area (TPSA) is 63.5 Å². The third kappa shape index (κ3) is 13.5. The molecule has 0 saturated carbocycles. The predicted molar refractivity (Wildman–Crippen MR) is 93.5 cm³/mol. The van der Waals surface area contributed by atoms with Gasteiger partial charge in [-0.05, 0) is 12.8 Å². The van der Waals surface area contributed by atoms with E-state index in [9.17, 15) is 5.21 Å². The zero-order valence-electron chi connectivity index (χ0n) is 14.8. The predicted octanol–water partition coefficient (Wildman–Crippen LogP) is 3.99. The minimum absolute atomic E-state index is 0.0955. The van der Waals surface area contributed by atoms with Crippen LogP contribution in [0.1, 0.15) is 84.0 Å². The van der Waals surface area contributed by atoms with Crippen LogP contribution in [0.4, 0.5) is 0 Å². The van der Waals surface area contributed by atoms with Gasteiger partial charge in [0.2, 0.25) is 0 Å². The Balaban J connectivity index is 3.34. The van der Waals surface area contributed by atoms with Crippen molar-refractivity contribution in [3.05, 3.63) is 5.21 Å². The Kier molecular flexibility index (Phi) is 15.6. The van der Waals surface area contributed by atoms with E-state index in [1.165, 1.54) is 64.2 Å². The highest BCUT2D eigenvalue weighted by Crippen LogP contribution is 2.13. The van der Waals surface area contributed by atoms with Crippen LogP contribution in [-0.2, 0) is 0 Å². The number of unbranched alkanes of at least 4 members (excludes halogenated alkanes) is 11. The lowest BCUT2D eigenvalue weighted by atomic mass is 10.1. The second kappa shape index (κ2) is 15.7. The van der Waals surface area contributed by atoms with Crippen LogP contribution in [0.15, 0.2) is 0 Å². The third-order valence-corrected chi connectivity index (χ3v) is 4.43. The zero-order valence-corrected chi connectivity index (χ0v) is 14.8. The van der Waals surface area contributed by atoms with Crippen LogP contribution in [0.25, 0.3) is 0 Å². The van der Waals surface area contributed by atoms with Gasteiger partial charge in [0.05, 0.1) is 19.8 Å². The van der Waals surface area contributed by atoms with Crippen molar-refractivity contribution in [3.63, 3.8) is 0 Å². The van der Waals surface area contributed by atoms with Crippen molar-refractivity contribution in [2.75, 3.05) is 32.8 Å². The lowest BCUT2D eigenvalue weighted by Gasteiger charge is -2.42. The Bertz CT molecular complexity index is 218. The zero-order chi connectivity index (χ0) is 16.5. The van der Waals surface area contributed by atoms with Gasteiger partial charge < -0.3 is 20.1 Å². The number of rotatable bonds is 17. The van der Waals surface area contributed by atoms with Gasteiger partial charge >= 0.3 is 0 Å². The van der Waals surface area contributed by atoms with Crippen LogP contribution in [0.5, 0.6) is 0 Å². The molecule has 134 valence electrons. The molecule has 0 bridgehead atoms. The number of aliphatic hydroxyl groups is 2. The van der Waals surface area contributed by atoms with Crippen molar-refractivity contribution in [1.82, 2.24) is 0 Å². The molecule has 4 nitrogen and oxygen atoms in total. The molecule has 0 aliphatic heterocycles. The fourth-order valence-electron chi connectivity index (χ4n) is 2.94. The fourth-order valence-corrected chi connectivity index (χ4v) is 2.94. The van der Waals surface area contributed by atoms with E-state index in [-0.39, 0.29) is 26.3 Å². The normalized spacial score (nSPS) is 12.0. The van der Waals surface area contributed by atoms with Crippen molar-refractivity contribution in [1.29, 1.82) is 0 Å². The van der Waals surface area contributed by atoms with E-state index in [4.69, 9.17) is 10.2 Å². The summed E-state index contributed by atoms with van der Waals surface area (Å²) in [6.45, 7) is 3.00.